The average Bonchev–Trinajstić information content (AvgIpc) is 1.58. The molecule has 13 rings (SSSR count). The van der Waals surface area contributed by atoms with Gasteiger partial charge in [-0.3, -0.25) is 0 Å². The van der Waals surface area contributed by atoms with Crippen molar-refractivity contribution >= 4 is 51.4 Å². The van der Waals surface area contributed by atoms with Gasteiger partial charge in [-0.1, -0.05) is 151 Å². The Kier molecular flexibility index (Phi) is 18.5. The predicted octanol–water partition coefficient (Wildman–Crippen LogP) is 21.8. The molecule has 0 aliphatic carbocycles. The van der Waals surface area contributed by atoms with E-state index in [9.17, 15) is 0 Å². The standard InChI is InChI=1S/C72H33F24N8.Ni/c73-65(74,75)41-25-9-1-17-33(41)49-50(34-18-2-10-26-42(34)66(76,77)78)58-97-57(49)101-59-51(35-19-3-11-27-43(35)67(79,80)81)52(36-20-4-12-28-44(36)68(82,83)84)61(98-59)103-63-55(39-23-7-15-31-47(39)71(91,92)93)56(40-24-8-16-32-48(40)72(94,95)96)64(100-63)104-62-54(38-22-6-14-30-46(38)70(88,89)90)53(60(99-62)102-58)37-21-5-13-29-45(37)69(85,86)87;/h1-32,57H;/q-3;+3. The smallest absolute Gasteiger partial charge is 0.451 e. The topological polar surface area (TPSA) is 104 Å². The van der Waals surface area contributed by atoms with Gasteiger partial charge in [-0.25, -0.2) is 4.99 Å². The summed E-state index contributed by atoms with van der Waals surface area (Å²) in [6.45, 7) is 0. The molecule has 3 aliphatic heterocycles. The van der Waals surface area contributed by atoms with E-state index in [1.807, 2.05) is 0 Å². The summed E-state index contributed by atoms with van der Waals surface area (Å²) in [5.74, 6) is -7.22. The second-order valence-electron chi connectivity index (χ2n) is 23.0. The number of benzene rings is 8. The van der Waals surface area contributed by atoms with E-state index in [0.717, 1.165) is 97.1 Å². The largest absolute Gasteiger partial charge is 3.00 e. The zero-order valence-electron chi connectivity index (χ0n) is 51.5. The third-order valence-corrected chi connectivity index (χ3v) is 16.6. The first kappa shape index (κ1) is 73.8. The van der Waals surface area contributed by atoms with Crippen molar-refractivity contribution < 1.29 is 122 Å². The first-order valence-electron chi connectivity index (χ1n) is 29.8. The van der Waals surface area contributed by atoms with Crippen LogP contribution in [0.15, 0.2) is 219 Å². The summed E-state index contributed by atoms with van der Waals surface area (Å²) in [4.78, 5) is 30.4. The third kappa shape index (κ3) is 13.7. The number of aliphatic imine (C=N–C) groups is 3. The summed E-state index contributed by atoms with van der Waals surface area (Å²) in [7, 11) is 0. The number of hydrogen-bond acceptors (Lipinski definition) is 5. The molecular formula is C72H33F24N8Ni. The number of nitrogens with zero attached hydrogens (tertiary/aromatic N) is 8. The zero-order valence-corrected chi connectivity index (χ0v) is 52.5. The number of rotatable bonds is 8. The molecule has 0 spiro atoms. The number of hydrogen-bond donors (Lipinski definition) is 0. The molecule has 5 heterocycles. The second kappa shape index (κ2) is 26.3. The minimum atomic E-state index is -5.62. The molecule has 1 unspecified atom stereocenters. The minimum Gasteiger partial charge on any atom is -0.451 e. The summed E-state index contributed by atoms with van der Waals surface area (Å²) in [5, 5.41) is 4.36. The zero-order chi connectivity index (χ0) is 74.8. The van der Waals surface area contributed by atoms with Gasteiger partial charge in [0.15, 0.2) is 0 Å². The van der Waals surface area contributed by atoms with Crippen molar-refractivity contribution in [1.82, 2.24) is 9.97 Å². The molecule has 2 aromatic heterocycles. The summed E-state index contributed by atoms with van der Waals surface area (Å²) in [5.41, 5.74) is -37.5. The van der Waals surface area contributed by atoms with Gasteiger partial charge in [-0.05, 0) is 116 Å². The van der Waals surface area contributed by atoms with E-state index in [4.69, 9.17) is 0 Å². The van der Waals surface area contributed by atoms with Crippen LogP contribution >= 0.6 is 0 Å². The Morgan fingerprint density at radius 1 is 0.248 bits per heavy atom. The Morgan fingerprint density at radius 3 is 0.848 bits per heavy atom. The molecular weight excluding hydrogens is 1490 g/mol. The van der Waals surface area contributed by atoms with Gasteiger partial charge in [0.1, 0.15) is 0 Å². The monoisotopic (exact) mass is 1520 g/mol. The maximum Gasteiger partial charge on any atom is 3.00 e. The van der Waals surface area contributed by atoms with Crippen LogP contribution < -0.4 is 20.9 Å². The normalized spacial score (nSPS) is 16.7. The number of fused-ring (bicyclic) bond motifs is 7. The number of halogens is 24. The van der Waals surface area contributed by atoms with Gasteiger partial charge < -0.3 is 35.3 Å². The molecule has 33 heteroatoms. The number of aromatic nitrogens is 2. The van der Waals surface area contributed by atoms with Crippen molar-refractivity contribution in [3.63, 3.8) is 0 Å². The fraction of sp³-hybridized carbons (Fsp3) is 0.125. The van der Waals surface area contributed by atoms with Crippen molar-refractivity contribution in [2.45, 2.75) is 55.6 Å². The molecule has 8 aromatic carbocycles. The summed E-state index contributed by atoms with van der Waals surface area (Å²) < 4.78 is 380. The fourth-order valence-corrected chi connectivity index (χ4v) is 12.6. The summed E-state index contributed by atoms with van der Waals surface area (Å²) in [6.07, 6.45) is -47.8. The van der Waals surface area contributed by atoms with Crippen LogP contribution in [0.25, 0.3) is 72.1 Å². The number of alkyl halides is 24. The van der Waals surface area contributed by atoms with Crippen molar-refractivity contribution in [3.8, 4) is 44.5 Å². The first-order valence-corrected chi connectivity index (χ1v) is 29.8. The van der Waals surface area contributed by atoms with Crippen molar-refractivity contribution in [3.05, 3.63) is 277 Å². The molecule has 539 valence electrons. The SMILES string of the molecule is FC(F)(F)c1ccccc1C1=C(c2ccccc2C(F)(F)F)/C2=N/c3[n-]c(c(-c4ccccc4C(F)(F)F)c3-c3ccccc3C(F)(F)F)/N=C3\[N-]C(/N=c4\[n-]c(c(-c5ccccc5C(F)(F)F)c4-c4ccccc4C(F)(F)F)=NC1=N2)C(c1ccccc1C(F)(F)F)=C3c1ccccc1C(F)(F)F.[Ni+3]. The molecule has 0 fully saturated rings. The predicted molar refractivity (Wildman–Crippen MR) is 332 cm³/mol. The van der Waals surface area contributed by atoms with E-state index in [1.54, 1.807) is 0 Å². The van der Waals surface area contributed by atoms with Crippen LogP contribution in [0.2, 0.25) is 0 Å². The Morgan fingerprint density at radius 2 is 0.505 bits per heavy atom. The molecule has 8 bridgehead atoms. The van der Waals surface area contributed by atoms with E-state index >= 15 is 105 Å². The van der Waals surface area contributed by atoms with E-state index in [-0.39, 0.29) is 16.5 Å². The van der Waals surface area contributed by atoms with Crippen LogP contribution in [0.1, 0.15) is 66.8 Å². The van der Waals surface area contributed by atoms with Gasteiger partial charge >= 0.3 is 65.9 Å². The molecule has 1 atom stereocenters. The minimum absolute atomic E-state index is 0. The Hall–Kier alpha value is -11.0. The second-order valence-corrected chi connectivity index (χ2v) is 23.0. The van der Waals surface area contributed by atoms with Crippen molar-refractivity contribution in [2.24, 2.45) is 25.0 Å². The van der Waals surface area contributed by atoms with E-state index in [2.05, 4.69) is 40.2 Å². The van der Waals surface area contributed by atoms with Crippen LogP contribution in [0, 0.1) is 0 Å². The van der Waals surface area contributed by atoms with Gasteiger partial charge in [0, 0.05) is 50.8 Å². The molecule has 8 nitrogen and oxygen atoms in total. The van der Waals surface area contributed by atoms with Gasteiger partial charge in [-0.2, -0.15) is 105 Å². The van der Waals surface area contributed by atoms with E-state index in [1.165, 1.54) is 0 Å². The molecule has 3 aliphatic rings. The van der Waals surface area contributed by atoms with Crippen LogP contribution in [0.5, 0.6) is 0 Å². The van der Waals surface area contributed by atoms with E-state index in [0.29, 0.717) is 97.1 Å². The Bertz CT molecular complexity index is 5380. The summed E-state index contributed by atoms with van der Waals surface area (Å²) >= 11 is 0. The van der Waals surface area contributed by atoms with Crippen LogP contribution in [-0.4, -0.2) is 23.7 Å². The molecule has 0 saturated carbocycles. The third-order valence-electron chi connectivity index (χ3n) is 16.6. The van der Waals surface area contributed by atoms with E-state index < -0.39 is 229 Å². The van der Waals surface area contributed by atoms with Crippen molar-refractivity contribution in [2.75, 3.05) is 0 Å². The maximum absolute atomic E-state index is 15.8. The van der Waals surface area contributed by atoms with Gasteiger partial charge in [0.2, 0.25) is 0 Å². The van der Waals surface area contributed by atoms with Crippen LogP contribution in [-0.2, 0) is 65.9 Å². The molecule has 0 N–H and O–H groups in total. The molecule has 10 aromatic rings. The van der Waals surface area contributed by atoms with Crippen LogP contribution in [0.3, 0.4) is 0 Å². The van der Waals surface area contributed by atoms with Gasteiger partial charge in [0.25, 0.3) is 0 Å². The first-order chi connectivity index (χ1) is 48.7. The van der Waals surface area contributed by atoms with Gasteiger partial charge in [0.05, 0.1) is 56.2 Å². The maximum atomic E-state index is 15.8. The molecule has 0 amide bonds. The summed E-state index contributed by atoms with van der Waals surface area (Å²) in [6, 6.07) is 20.8. The Labute approximate surface area is 583 Å². The Balaban J connectivity index is 0.0000104. The quantitative estimate of drug-likeness (QED) is 0.112. The average molecular weight is 1520 g/mol. The van der Waals surface area contributed by atoms with Crippen LogP contribution in [0.4, 0.5) is 117 Å². The van der Waals surface area contributed by atoms with Crippen molar-refractivity contribution in [1.29, 1.82) is 0 Å². The van der Waals surface area contributed by atoms with Gasteiger partial charge in [-0.15, -0.1) is 0 Å². The molecule has 1 radical (unpaired) electrons. The molecule has 105 heavy (non-hydrogen) atoms. The fourth-order valence-electron chi connectivity index (χ4n) is 12.6. The number of amidine groups is 3. The molecule has 0 saturated heterocycles.